The molecule has 3 heterocycles. The fourth-order valence-corrected chi connectivity index (χ4v) is 5.42. The van der Waals surface area contributed by atoms with E-state index in [-0.39, 0.29) is 38.1 Å². The van der Waals surface area contributed by atoms with Gasteiger partial charge in [0.15, 0.2) is 6.61 Å². The topological polar surface area (TPSA) is 112 Å². The van der Waals surface area contributed by atoms with E-state index >= 15 is 0 Å². The first-order valence-electron chi connectivity index (χ1n) is 14.0. The number of benzene rings is 1. The Hall–Kier alpha value is -3.01. The molecule has 9 nitrogen and oxygen atoms in total. The zero-order chi connectivity index (χ0) is 27.7. The number of carbonyl (C=O) groups excluding carboxylic acids is 2. The molecule has 2 N–H and O–H groups in total. The molecular weight excluding hydrogens is 498 g/mol. The first-order valence-corrected chi connectivity index (χ1v) is 14.0. The molecule has 2 aromatic rings. The number of likely N-dealkylation sites (tertiary alicyclic amines) is 1. The Labute approximate surface area is 230 Å². The van der Waals surface area contributed by atoms with E-state index in [4.69, 9.17) is 9.47 Å². The van der Waals surface area contributed by atoms with Gasteiger partial charge >= 0.3 is 5.97 Å². The number of pyridine rings is 1. The molecule has 1 spiro atoms. The first-order chi connectivity index (χ1) is 18.9. The Morgan fingerprint density at radius 2 is 1.77 bits per heavy atom. The number of esters is 1. The van der Waals surface area contributed by atoms with Gasteiger partial charge in [0.05, 0.1) is 11.5 Å². The van der Waals surface area contributed by atoms with Gasteiger partial charge in [-0.2, -0.15) is 0 Å². The van der Waals surface area contributed by atoms with Crippen LogP contribution in [0, 0.1) is 12.3 Å². The third-order valence-corrected chi connectivity index (χ3v) is 8.06. The fraction of sp³-hybridized carbons (Fsp3) is 0.567. The highest BCUT2D eigenvalue weighted by Crippen LogP contribution is 2.38. The third kappa shape index (κ3) is 8.00. The minimum absolute atomic E-state index is 0.0949. The number of amides is 1. The van der Waals surface area contributed by atoms with Crippen LogP contribution in [0.15, 0.2) is 48.8 Å². The molecule has 1 aromatic heterocycles. The molecule has 2 aliphatic heterocycles. The van der Waals surface area contributed by atoms with Crippen LogP contribution in [0.5, 0.6) is 5.75 Å². The molecule has 0 radical (unpaired) electrons. The Morgan fingerprint density at radius 3 is 2.51 bits per heavy atom. The average molecular weight is 540 g/mol. The molecule has 0 aliphatic carbocycles. The second kappa shape index (κ2) is 13.9. The van der Waals surface area contributed by atoms with Gasteiger partial charge in [0.2, 0.25) is 0 Å². The first kappa shape index (κ1) is 29.0. The summed E-state index contributed by atoms with van der Waals surface area (Å²) >= 11 is 0. The minimum atomic E-state index is -1.21. The molecule has 1 amide bonds. The van der Waals surface area contributed by atoms with Crippen LogP contribution in [-0.4, -0.2) is 88.5 Å². The standard InChI is InChI=1S/C30H41N3O6/c1-23-6-2-3-7-27(23)38-22-28(36)33-16-5-4-11-30(29(37)39-21-26(35)25(34)10-17-33)12-18-32(19-13-30)20-24-8-14-31-15-9-24/h2-3,6-9,14-15,25-26,34-35H,4-5,10-13,16-22H2,1H3/t25-,26+/m0/s1. The molecule has 9 heteroatoms. The van der Waals surface area contributed by atoms with E-state index in [2.05, 4.69) is 9.88 Å². The molecule has 2 aliphatic rings. The quantitative estimate of drug-likeness (QED) is 0.558. The molecule has 2 saturated heterocycles. The van der Waals surface area contributed by atoms with Gasteiger partial charge in [-0.05, 0) is 81.4 Å². The average Bonchev–Trinajstić information content (AvgIpc) is 2.96. The van der Waals surface area contributed by atoms with E-state index in [1.807, 2.05) is 43.3 Å². The lowest BCUT2D eigenvalue weighted by Crippen LogP contribution is -2.45. The van der Waals surface area contributed by atoms with E-state index in [1.54, 1.807) is 17.3 Å². The molecular formula is C30H41N3O6. The van der Waals surface area contributed by atoms with Crippen molar-refractivity contribution in [3.05, 3.63) is 59.9 Å². The molecule has 2 fully saturated rings. The third-order valence-electron chi connectivity index (χ3n) is 8.06. The number of aromatic nitrogens is 1. The van der Waals surface area contributed by atoms with Crippen LogP contribution in [0.25, 0.3) is 0 Å². The number of hydrogen-bond acceptors (Lipinski definition) is 8. The number of aliphatic hydroxyl groups is 2. The Bertz CT molecular complexity index is 1070. The zero-order valence-corrected chi connectivity index (χ0v) is 22.8. The summed E-state index contributed by atoms with van der Waals surface area (Å²) in [5.74, 6) is 0.206. The molecule has 0 bridgehead atoms. The number of nitrogens with zero attached hydrogens (tertiary/aromatic N) is 3. The van der Waals surface area contributed by atoms with Crippen molar-refractivity contribution in [1.82, 2.24) is 14.8 Å². The summed E-state index contributed by atoms with van der Waals surface area (Å²) in [5.41, 5.74) is 1.51. The summed E-state index contributed by atoms with van der Waals surface area (Å²) in [4.78, 5) is 34.5. The van der Waals surface area contributed by atoms with E-state index in [9.17, 15) is 19.8 Å². The summed E-state index contributed by atoms with van der Waals surface area (Å²) in [6, 6.07) is 11.6. The number of piperidine rings is 1. The van der Waals surface area contributed by atoms with Crippen molar-refractivity contribution in [3.63, 3.8) is 0 Å². The van der Waals surface area contributed by atoms with E-state index < -0.39 is 17.6 Å². The molecule has 0 saturated carbocycles. The maximum atomic E-state index is 13.3. The van der Waals surface area contributed by atoms with Crippen LogP contribution in [0.3, 0.4) is 0 Å². The predicted molar refractivity (Wildman–Crippen MR) is 146 cm³/mol. The summed E-state index contributed by atoms with van der Waals surface area (Å²) in [6.45, 7) is 4.71. The van der Waals surface area contributed by atoms with Gasteiger partial charge in [-0.15, -0.1) is 0 Å². The van der Waals surface area contributed by atoms with Crippen LogP contribution in [0.2, 0.25) is 0 Å². The Morgan fingerprint density at radius 1 is 1.03 bits per heavy atom. The molecule has 0 unspecified atom stereocenters. The second-order valence-corrected chi connectivity index (χ2v) is 10.8. The van der Waals surface area contributed by atoms with Crippen molar-refractivity contribution >= 4 is 11.9 Å². The van der Waals surface area contributed by atoms with Crippen LogP contribution in [-0.2, 0) is 20.9 Å². The molecule has 39 heavy (non-hydrogen) atoms. The number of carbonyl (C=O) groups is 2. The number of rotatable bonds is 5. The van der Waals surface area contributed by atoms with Gasteiger partial charge < -0.3 is 24.6 Å². The van der Waals surface area contributed by atoms with Crippen LogP contribution in [0.4, 0.5) is 0 Å². The zero-order valence-electron chi connectivity index (χ0n) is 22.8. The summed E-state index contributed by atoms with van der Waals surface area (Å²) in [6.07, 6.45) is 4.94. The predicted octanol–water partition coefficient (Wildman–Crippen LogP) is 2.72. The fourth-order valence-electron chi connectivity index (χ4n) is 5.42. The Balaban J connectivity index is 1.38. The molecule has 2 atom stereocenters. The van der Waals surface area contributed by atoms with E-state index in [0.29, 0.717) is 31.6 Å². The highest BCUT2D eigenvalue weighted by atomic mass is 16.5. The monoisotopic (exact) mass is 539 g/mol. The van der Waals surface area contributed by atoms with Crippen molar-refractivity contribution in [1.29, 1.82) is 0 Å². The van der Waals surface area contributed by atoms with Gasteiger partial charge in [0.1, 0.15) is 18.5 Å². The molecule has 1 aromatic carbocycles. The lowest BCUT2D eigenvalue weighted by Gasteiger charge is -2.40. The van der Waals surface area contributed by atoms with Gasteiger partial charge in [0, 0.05) is 32.0 Å². The summed E-state index contributed by atoms with van der Waals surface area (Å²) in [5, 5.41) is 21.0. The normalized spacial score (nSPS) is 23.3. The number of hydrogen-bond donors (Lipinski definition) is 2. The van der Waals surface area contributed by atoms with Gasteiger partial charge in [-0.25, -0.2) is 0 Å². The number of cyclic esters (lactones) is 1. The van der Waals surface area contributed by atoms with Crippen LogP contribution >= 0.6 is 0 Å². The van der Waals surface area contributed by atoms with Gasteiger partial charge in [-0.3, -0.25) is 19.5 Å². The van der Waals surface area contributed by atoms with E-state index in [0.717, 1.165) is 38.0 Å². The van der Waals surface area contributed by atoms with Crippen molar-refractivity contribution < 1.29 is 29.3 Å². The second-order valence-electron chi connectivity index (χ2n) is 10.8. The summed E-state index contributed by atoms with van der Waals surface area (Å²) in [7, 11) is 0. The van der Waals surface area contributed by atoms with Crippen molar-refractivity contribution in [2.24, 2.45) is 5.41 Å². The summed E-state index contributed by atoms with van der Waals surface area (Å²) < 4.78 is 11.4. The minimum Gasteiger partial charge on any atom is -0.484 e. The highest BCUT2D eigenvalue weighted by Gasteiger charge is 2.42. The maximum absolute atomic E-state index is 13.3. The number of ether oxygens (including phenoxy) is 2. The molecule has 212 valence electrons. The van der Waals surface area contributed by atoms with Crippen molar-refractivity contribution in [3.8, 4) is 5.75 Å². The maximum Gasteiger partial charge on any atom is 0.312 e. The Kier molecular flexibility index (Phi) is 10.3. The molecule has 4 rings (SSSR count). The number of para-hydroxylation sites is 1. The van der Waals surface area contributed by atoms with E-state index in [1.165, 1.54) is 5.56 Å². The van der Waals surface area contributed by atoms with Crippen LogP contribution in [0.1, 0.15) is 49.7 Å². The lowest BCUT2D eigenvalue weighted by atomic mass is 9.74. The van der Waals surface area contributed by atoms with Crippen LogP contribution < -0.4 is 4.74 Å². The highest BCUT2D eigenvalue weighted by molar-refractivity contribution is 5.78. The van der Waals surface area contributed by atoms with Crippen molar-refractivity contribution in [2.75, 3.05) is 39.4 Å². The van der Waals surface area contributed by atoms with Gasteiger partial charge in [-0.1, -0.05) is 24.6 Å². The largest absolute Gasteiger partial charge is 0.484 e. The smallest absolute Gasteiger partial charge is 0.312 e. The number of aryl methyl sites for hydroxylation is 1. The SMILES string of the molecule is Cc1ccccc1OCC(=O)N1CCCCC2(CCN(Cc3ccncc3)CC2)C(=O)OC[C@@H](O)[C@@H](O)CC1. The lowest BCUT2D eigenvalue weighted by molar-refractivity contribution is -0.165. The van der Waals surface area contributed by atoms with Gasteiger partial charge in [0.25, 0.3) is 5.91 Å². The van der Waals surface area contributed by atoms with Crippen molar-refractivity contribution in [2.45, 2.75) is 64.2 Å². The number of aliphatic hydroxyl groups excluding tert-OH is 2.